The van der Waals surface area contributed by atoms with Gasteiger partial charge in [-0.15, -0.1) is 0 Å². The summed E-state index contributed by atoms with van der Waals surface area (Å²) in [4.78, 5) is 2.51. The number of hydrogen-bond donors (Lipinski definition) is 0. The molecule has 1 aliphatic carbocycles. The van der Waals surface area contributed by atoms with E-state index in [1.165, 1.54) is 82.7 Å². The number of aromatic nitrogens is 2. The summed E-state index contributed by atoms with van der Waals surface area (Å²) in [5.41, 5.74) is 18.1. The van der Waals surface area contributed by atoms with Crippen molar-refractivity contribution in [3.05, 3.63) is 223 Å². The number of rotatable bonds is 6. The number of anilines is 3. The van der Waals surface area contributed by atoms with Crippen molar-refractivity contribution in [2.45, 2.75) is 19.3 Å². The third kappa shape index (κ3) is 5.02. The summed E-state index contributed by atoms with van der Waals surface area (Å²) >= 11 is 0. The Morgan fingerprint density at radius 2 is 0.850 bits per heavy atom. The van der Waals surface area contributed by atoms with Crippen LogP contribution in [-0.4, -0.2) is 9.13 Å². The fraction of sp³-hybridized carbons (Fsp3) is 0.0526. The first-order valence-corrected chi connectivity index (χ1v) is 20.9. The molecule has 0 amide bonds. The highest BCUT2D eigenvalue weighted by Gasteiger charge is 2.38. The summed E-state index contributed by atoms with van der Waals surface area (Å²) < 4.78 is 4.79. The number of fused-ring (bicyclic) bond motifs is 9. The molecule has 3 heteroatoms. The molecule has 284 valence electrons. The number of hydrogen-bond acceptors (Lipinski definition) is 1. The van der Waals surface area contributed by atoms with Gasteiger partial charge >= 0.3 is 0 Å². The number of para-hydroxylation sites is 4. The van der Waals surface area contributed by atoms with Gasteiger partial charge < -0.3 is 14.0 Å². The second-order valence-electron chi connectivity index (χ2n) is 16.5. The maximum atomic E-state index is 2.51. The van der Waals surface area contributed by atoms with E-state index >= 15 is 0 Å². The first-order chi connectivity index (χ1) is 29.6. The lowest BCUT2D eigenvalue weighted by molar-refractivity contribution is 0.660. The van der Waals surface area contributed by atoms with Crippen LogP contribution in [0.3, 0.4) is 0 Å². The van der Waals surface area contributed by atoms with Gasteiger partial charge in [0.25, 0.3) is 0 Å². The van der Waals surface area contributed by atoms with Crippen LogP contribution in [0.1, 0.15) is 25.0 Å². The van der Waals surface area contributed by atoms with E-state index in [0.29, 0.717) is 0 Å². The maximum Gasteiger partial charge on any atom is 0.0562 e. The van der Waals surface area contributed by atoms with Gasteiger partial charge in [0.05, 0.1) is 33.4 Å². The van der Waals surface area contributed by atoms with Gasteiger partial charge in [-0.25, -0.2) is 0 Å². The Morgan fingerprint density at radius 1 is 0.367 bits per heavy atom. The van der Waals surface area contributed by atoms with Crippen molar-refractivity contribution >= 4 is 60.7 Å². The molecule has 3 nitrogen and oxygen atoms in total. The lowest BCUT2D eigenvalue weighted by atomic mass is 9.82. The molecule has 12 rings (SSSR count). The molecule has 1 aliphatic rings. The largest absolute Gasteiger partial charge is 0.309 e. The van der Waals surface area contributed by atoms with Gasteiger partial charge in [-0.05, 0) is 101 Å². The Labute approximate surface area is 349 Å². The molecular formula is C57H41N3. The Kier molecular flexibility index (Phi) is 7.58. The molecule has 0 atom stereocenters. The van der Waals surface area contributed by atoms with Gasteiger partial charge in [-0.1, -0.05) is 153 Å². The average molecular weight is 768 g/mol. The Morgan fingerprint density at radius 3 is 1.55 bits per heavy atom. The monoisotopic (exact) mass is 767 g/mol. The molecule has 0 radical (unpaired) electrons. The lowest BCUT2D eigenvalue weighted by Gasteiger charge is -2.29. The number of nitrogens with zero attached hydrogens (tertiary/aromatic N) is 3. The van der Waals surface area contributed by atoms with Crippen LogP contribution in [-0.2, 0) is 5.41 Å². The Bertz CT molecular complexity index is 3390. The van der Waals surface area contributed by atoms with Crippen molar-refractivity contribution in [1.29, 1.82) is 0 Å². The summed E-state index contributed by atoms with van der Waals surface area (Å²) in [6, 6.07) is 77.8. The van der Waals surface area contributed by atoms with Gasteiger partial charge in [0.1, 0.15) is 0 Å². The van der Waals surface area contributed by atoms with Gasteiger partial charge in [0, 0.05) is 49.6 Å². The minimum atomic E-state index is -0.127. The zero-order valence-corrected chi connectivity index (χ0v) is 33.5. The first-order valence-electron chi connectivity index (χ1n) is 20.9. The first kappa shape index (κ1) is 34.4. The molecule has 0 aliphatic heterocycles. The molecule has 0 unspecified atom stereocenters. The second kappa shape index (κ2) is 13.2. The van der Waals surface area contributed by atoms with Crippen molar-refractivity contribution in [2.24, 2.45) is 0 Å². The number of benzene rings is 9. The van der Waals surface area contributed by atoms with Crippen molar-refractivity contribution < 1.29 is 0 Å². The smallest absolute Gasteiger partial charge is 0.0562 e. The Hall–Kier alpha value is -7.62. The van der Waals surface area contributed by atoms with Gasteiger partial charge in [0.2, 0.25) is 0 Å². The van der Waals surface area contributed by atoms with E-state index in [4.69, 9.17) is 0 Å². The van der Waals surface area contributed by atoms with Crippen LogP contribution in [0.5, 0.6) is 0 Å². The van der Waals surface area contributed by atoms with Crippen molar-refractivity contribution in [2.75, 3.05) is 4.90 Å². The molecule has 2 aromatic heterocycles. The van der Waals surface area contributed by atoms with Crippen LogP contribution >= 0.6 is 0 Å². The van der Waals surface area contributed by atoms with Crippen molar-refractivity contribution in [3.8, 4) is 33.6 Å². The zero-order chi connectivity index (χ0) is 40.0. The molecule has 0 N–H and O–H groups in total. The molecule has 60 heavy (non-hydrogen) atoms. The van der Waals surface area contributed by atoms with Crippen LogP contribution in [0.4, 0.5) is 17.1 Å². The Balaban J connectivity index is 1.03. The van der Waals surface area contributed by atoms with E-state index < -0.39 is 0 Å². The predicted molar refractivity (Wildman–Crippen MR) is 253 cm³/mol. The SMILES string of the molecule is CC1(C)c2ccccc2-c2c(N(c3ccc(-c4ccc(-n5c6ccccc6c6ccccc65)cc4)cc3)c3cccc4c3c3ccccc3n4-c3ccccc3)cccc21. The lowest BCUT2D eigenvalue weighted by Crippen LogP contribution is -2.16. The molecule has 0 bridgehead atoms. The molecule has 11 aromatic rings. The topological polar surface area (TPSA) is 13.1 Å². The summed E-state index contributed by atoms with van der Waals surface area (Å²) in [7, 11) is 0. The summed E-state index contributed by atoms with van der Waals surface area (Å²) in [6.45, 7) is 4.72. The van der Waals surface area contributed by atoms with E-state index in [9.17, 15) is 0 Å². The minimum absolute atomic E-state index is 0.127. The highest BCUT2D eigenvalue weighted by atomic mass is 15.2. The third-order valence-corrected chi connectivity index (χ3v) is 12.9. The average Bonchev–Trinajstić information content (AvgIpc) is 3.91. The van der Waals surface area contributed by atoms with Crippen LogP contribution in [0, 0.1) is 0 Å². The van der Waals surface area contributed by atoms with E-state index in [1.54, 1.807) is 0 Å². The van der Waals surface area contributed by atoms with E-state index in [-0.39, 0.29) is 5.41 Å². The van der Waals surface area contributed by atoms with Crippen LogP contribution in [0.2, 0.25) is 0 Å². The molecule has 2 heterocycles. The van der Waals surface area contributed by atoms with Gasteiger partial charge in [-0.2, -0.15) is 0 Å². The van der Waals surface area contributed by atoms with Crippen LogP contribution in [0.15, 0.2) is 212 Å². The summed E-state index contributed by atoms with van der Waals surface area (Å²) in [6.07, 6.45) is 0. The molecule has 0 spiro atoms. The minimum Gasteiger partial charge on any atom is -0.309 e. The highest BCUT2D eigenvalue weighted by molar-refractivity contribution is 6.17. The second-order valence-corrected chi connectivity index (χ2v) is 16.5. The molecule has 0 saturated heterocycles. The van der Waals surface area contributed by atoms with Crippen LogP contribution in [0.25, 0.3) is 77.2 Å². The highest BCUT2D eigenvalue weighted by Crippen LogP contribution is 2.55. The molecule has 0 fully saturated rings. The standard InChI is InChI=1S/C57H41N3/c1-57(2)47-22-10-6-20-45(47)55-48(57)23-14-27-52(55)60(54-29-15-28-53-56(54)46-21-9-13-26-51(46)59(53)40-16-4-3-5-17-40)42-36-32-39(33-37-42)38-30-34-41(35-31-38)58-49-24-11-7-18-43(49)44-19-8-12-25-50(44)58/h3-37H,1-2H3. The fourth-order valence-corrected chi connectivity index (χ4v) is 10.2. The van der Waals surface area contributed by atoms with E-state index in [2.05, 4.69) is 240 Å². The quantitative estimate of drug-likeness (QED) is 0.164. The van der Waals surface area contributed by atoms with Crippen LogP contribution < -0.4 is 4.90 Å². The molecule has 9 aromatic carbocycles. The molecular weight excluding hydrogens is 727 g/mol. The fourth-order valence-electron chi connectivity index (χ4n) is 10.2. The van der Waals surface area contributed by atoms with E-state index in [1.807, 2.05) is 0 Å². The summed E-state index contributed by atoms with van der Waals surface area (Å²) in [5.74, 6) is 0. The van der Waals surface area contributed by atoms with Gasteiger partial charge in [-0.3, -0.25) is 0 Å². The third-order valence-electron chi connectivity index (χ3n) is 12.9. The normalized spacial score (nSPS) is 13.0. The zero-order valence-electron chi connectivity index (χ0n) is 33.5. The summed E-state index contributed by atoms with van der Waals surface area (Å²) in [5, 5.41) is 5.00. The van der Waals surface area contributed by atoms with Crippen molar-refractivity contribution in [1.82, 2.24) is 9.13 Å². The predicted octanol–water partition coefficient (Wildman–Crippen LogP) is 15.3. The molecule has 0 saturated carbocycles. The maximum absolute atomic E-state index is 2.51. The van der Waals surface area contributed by atoms with Crippen molar-refractivity contribution in [3.63, 3.8) is 0 Å². The van der Waals surface area contributed by atoms with E-state index in [0.717, 1.165) is 22.7 Å². The van der Waals surface area contributed by atoms with Gasteiger partial charge in [0.15, 0.2) is 0 Å².